The Balaban J connectivity index is 1.81. The van der Waals surface area contributed by atoms with Crippen LogP contribution in [0.5, 0.6) is 5.75 Å². The van der Waals surface area contributed by atoms with Crippen molar-refractivity contribution in [2.24, 2.45) is 5.10 Å². The summed E-state index contributed by atoms with van der Waals surface area (Å²) < 4.78 is 5.68. The molecule has 0 radical (unpaired) electrons. The molecule has 1 N–H and O–H groups in total. The van der Waals surface area contributed by atoms with E-state index in [9.17, 15) is 4.79 Å². The van der Waals surface area contributed by atoms with Crippen LogP contribution in [0.4, 0.5) is 0 Å². The molecule has 0 aliphatic carbocycles. The summed E-state index contributed by atoms with van der Waals surface area (Å²) >= 11 is 1.59. The van der Waals surface area contributed by atoms with Crippen molar-refractivity contribution >= 4 is 23.0 Å². The van der Waals surface area contributed by atoms with Gasteiger partial charge in [0.05, 0.1) is 12.3 Å². The van der Waals surface area contributed by atoms with Gasteiger partial charge in [0, 0.05) is 10.4 Å². The molecule has 0 spiro atoms. The molecule has 0 saturated heterocycles. The van der Waals surface area contributed by atoms with Crippen LogP contribution < -0.4 is 10.2 Å². The number of amides is 1. The third kappa shape index (κ3) is 5.81. The lowest BCUT2D eigenvalue weighted by Crippen LogP contribution is -2.19. The largest absolute Gasteiger partial charge is 0.494 e. The molecule has 0 aliphatic rings. The predicted octanol–water partition coefficient (Wildman–Crippen LogP) is 4.86. The molecule has 1 amide bonds. The van der Waals surface area contributed by atoms with Gasteiger partial charge >= 0.3 is 0 Å². The number of ether oxygens (including phenoxy) is 1. The number of nitrogens with one attached hydrogen (secondary N) is 1. The maximum absolute atomic E-state index is 12.1. The molecule has 1 aromatic carbocycles. The molecular weight excluding hydrogens is 320 g/mol. The highest BCUT2D eigenvalue weighted by Gasteiger charge is 2.06. The molecular formula is C19H24N2O2S. The number of benzene rings is 1. The number of nitrogens with zero attached hydrogens (tertiary/aromatic N) is 1. The van der Waals surface area contributed by atoms with Gasteiger partial charge in [0.2, 0.25) is 0 Å². The van der Waals surface area contributed by atoms with Crippen molar-refractivity contribution in [1.82, 2.24) is 5.43 Å². The van der Waals surface area contributed by atoms with E-state index in [0.29, 0.717) is 5.56 Å². The molecule has 2 aromatic rings. The number of hydrogen-bond donors (Lipinski definition) is 1. The standard InChI is InChI=1S/C19H24N2O2S/c1-3-4-5-6-13-23-17-11-9-16(10-12-17)19(22)21-20-15(2)18-8-7-14-24-18/h7-12,14H,3-6,13H2,1-2H3,(H,21,22). The van der Waals surface area contributed by atoms with Gasteiger partial charge in [0.25, 0.3) is 5.91 Å². The summed E-state index contributed by atoms with van der Waals surface area (Å²) in [6.45, 7) is 4.79. The van der Waals surface area contributed by atoms with Crippen LogP contribution in [0.25, 0.3) is 0 Å². The third-order valence-corrected chi connectivity index (χ3v) is 4.56. The van der Waals surface area contributed by atoms with Crippen LogP contribution in [0, 0.1) is 0 Å². The molecule has 128 valence electrons. The monoisotopic (exact) mass is 344 g/mol. The molecule has 24 heavy (non-hydrogen) atoms. The molecule has 0 atom stereocenters. The predicted molar refractivity (Wildman–Crippen MR) is 100 cm³/mol. The van der Waals surface area contributed by atoms with E-state index in [2.05, 4.69) is 17.5 Å². The number of rotatable bonds is 9. The average molecular weight is 344 g/mol. The molecule has 4 nitrogen and oxygen atoms in total. The van der Waals surface area contributed by atoms with Crippen LogP contribution in [0.1, 0.15) is 54.8 Å². The minimum Gasteiger partial charge on any atom is -0.494 e. The van der Waals surface area contributed by atoms with Crippen molar-refractivity contribution in [3.63, 3.8) is 0 Å². The molecule has 0 aliphatic heterocycles. The van der Waals surface area contributed by atoms with E-state index in [1.807, 2.05) is 36.6 Å². The van der Waals surface area contributed by atoms with E-state index in [1.165, 1.54) is 19.3 Å². The Hall–Kier alpha value is -2.14. The minimum atomic E-state index is -0.222. The van der Waals surface area contributed by atoms with E-state index in [4.69, 9.17) is 4.74 Å². The Morgan fingerprint density at radius 1 is 1.17 bits per heavy atom. The summed E-state index contributed by atoms with van der Waals surface area (Å²) in [7, 11) is 0. The van der Waals surface area contributed by atoms with Gasteiger partial charge in [-0.25, -0.2) is 5.43 Å². The van der Waals surface area contributed by atoms with Gasteiger partial charge in [-0.2, -0.15) is 5.10 Å². The Morgan fingerprint density at radius 3 is 2.62 bits per heavy atom. The summed E-state index contributed by atoms with van der Waals surface area (Å²) in [6.07, 6.45) is 4.72. The Morgan fingerprint density at radius 2 is 1.96 bits per heavy atom. The molecule has 2 rings (SSSR count). The fourth-order valence-corrected chi connectivity index (χ4v) is 2.84. The summed E-state index contributed by atoms with van der Waals surface area (Å²) in [5.74, 6) is 0.571. The molecule has 1 aromatic heterocycles. The topological polar surface area (TPSA) is 50.7 Å². The van der Waals surface area contributed by atoms with Gasteiger partial charge in [-0.1, -0.05) is 32.3 Å². The van der Waals surface area contributed by atoms with E-state index in [0.717, 1.165) is 29.4 Å². The van der Waals surface area contributed by atoms with Crippen LogP contribution >= 0.6 is 11.3 Å². The smallest absolute Gasteiger partial charge is 0.271 e. The normalized spacial score (nSPS) is 11.3. The molecule has 1 heterocycles. The minimum absolute atomic E-state index is 0.222. The van der Waals surface area contributed by atoms with E-state index < -0.39 is 0 Å². The van der Waals surface area contributed by atoms with Gasteiger partial charge in [-0.05, 0) is 49.1 Å². The van der Waals surface area contributed by atoms with Gasteiger partial charge in [-0.3, -0.25) is 4.79 Å². The number of carbonyl (C=O) groups excluding carboxylic acids is 1. The third-order valence-electron chi connectivity index (χ3n) is 3.59. The lowest BCUT2D eigenvalue weighted by Gasteiger charge is -2.07. The number of unbranched alkanes of at least 4 members (excludes halogenated alkanes) is 3. The van der Waals surface area contributed by atoms with Gasteiger partial charge in [0.15, 0.2) is 0 Å². The Kier molecular flexibility index (Phi) is 7.49. The van der Waals surface area contributed by atoms with Crippen molar-refractivity contribution in [2.75, 3.05) is 6.61 Å². The van der Waals surface area contributed by atoms with Gasteiger partial charge < -0.3 is 4.74 Å². The highest BCUT2D eigenvalue weighted by Crippen LogP contribution is 2.13. The number of thiophene rings is 1. The van der Waals surface area contributed by atoms with E-state index >= 15 is 0 Å². The van der Waals surface area contributed by atoms with E-state index in [-0.39, 0.29) is 5.91 Å². The van der Waals surface area contributed by atoms with Crippen molar-refractivity contribution in [2.45, 2.75) is 39.5 Å². The first-order chi connectivity index (χ1) is 11.7. The molecule has 0 unspecified atom stereocenters. The first-order valence-corrected chi connectivity index (χ1v) is 9.20. The maximum atomic E-state index is 12.1. The first kappa shape index (κ1) is 18.2. The highest BCUT2D eigenvalue weighted by atomic mass is 32.1. The number of hydrogen-bond acceptors (Lipinski definition) is 4. The van der Waals surface area contributed by atoms with E-state index in [1.54, 1.807) is 23.5 Å². The zero-order valence-corrected chi connectivity index (χ0v) is 15.1. The van der Waals surface area contributed by atoms with Crippen molar-refractivity contribution < 1.29 is 9.53 Å². The van der Waals surface area contributed by atoms with Crippen LogP contribution in [0.3, 0.4) is 0 Å². The Bertz CT molecular complexity index is 649. The van der Waals surface area contributed by atoms with Crippen LogP contribution in [0.15, 0.2) is 46.9 Å². The zero-order valence-electron chi connectivity index (χ0n) is 14.2. The van der Waals surface area contributed by atoms with Crippen LogP contribution in [0.2, 0.25) is 0 Å². The summed E-state index contributed by atoms with van der Waals surface area (Å²) in [5, 5.41) is 6.12. The quantitative estimate of drug-likeness (QED) is 0.401. The van der Waals surface area contributed by atoms with Gasteiger partial charge in [0.1, 0.15) is 5.75 Å². The number of hydrazone groups is 1. The first-order valence-electron chi connectivity index (χ1n) is 8.32. The summed E-state index contributed by atoms with van der Waals surface area (Å²) in [4.78, 5) is 13.2. The molecule has 0 bridgehead atoms. The van der Waals surface area contributed by atoms with Crippen LogP contribution in [-0.2, 0) is 0 Å². The second kappa shape index (κ2) is 9.88. The van der Waals surface area contributed by atoms with Crippen molar-refractivity contribution in [3.05, 3.63) is 52.2 Å². The van der Waals surface area contributed by atoms with Crippen molar-refractivity contribution in [1.29, 1.82) is 0 Å². The zero-order chi connectivity index (χ0) is 17.2. The van der Waals surface area contributed by atoms with Crippen LogP contribution in [-0.4, -0.2) is 18.2 Å². The maximum Gasteiger partial charge on any atom is 0.271 e. The SMILES string of the molecule is CCCCCCOc1ccc(C(=O)NN=C(C)c2cccs2)cc1. The number of carbonyl (C=O) groups is 1. The second-order valence-corrected chi connectivity index (χ2v) is 6.50. The molecule has 0 fully saturated rings. The Labute approximate surface area is 147 Å². The molecule has 5 heteroatoms. The average Bonchev–Trinajstić information content (AvgIpc) is 3.14. The fraction of sp³-hybridized carbons (Fsp3) is 0.368. The van der Waals surface area contributed by atoms with Gasteiger partial charge in [-0.15, -0.1) is 11.3 Å². The lowest BCUT2D eigenvalue weighted by atomic mass is 10.2. The summed E-state index contributed by atoms with van der Waals surface area (Å²) in [6, 6.07) is 11.1. The molecule has 0 saturated carbocycles. The summed E-state index contributed by atoms with van der Waals surface area (Å²) in [5.41, 5.74) is 3.95. The highest BCUT2D eigenvalue weighted by molar-refractivity contribution is 7.12. The fourth-order valence-electron chi connectivity index (χ4n) is 2.16. The van der Waals surface area contributed by atoms with Crippen molar-refractivity contribution in [3.8, 4) is 5.75 Å². The lowest BCUT2D eigenvalue weighted by molar-refractivity contribution is 0.0955. The second-order valence-electron chi connectivity index (χ2n) is 5.55.